The van der Waals surface area contributed by atoms with E-state index in [2.05, 4.69) is 0 Å². The van der Waals surface area contributed by atoms with Gasteiger partial charge in [0.25, 0.3) is 11.8 Å². The van der Waals surface area contributed by atoms with E-state index < -0.39 is 17.6 Å². The highest BCUT2D eigenvalue weighted by Crippen LogP contribution is 2.37. The molecule has 1 unspecified atom stereocenters. The summed E-state index contributed by atoms with van der Waals surface area (Å²) in [5, 5.41) is 9.65. The Balaban J connectivity index is 1.78. The third-order valence-corrected chi connectivity index (χ3v) is 5.76. The summed E-state index contributed by atoms with van der Waals surface area (Å²) in [6, 6.07) is 12.8. The van der Waals surface area contributed by atoms with Gasteiger partial charge in [-0.05, 0) is 62.4 Å². The molecule has 0 aliphatic carbocycles. The summed E-state index contributed by atoms with van der Waals surface area (Å²) < 4.78 is 20.2. The molecule has 0 aromatic heterocycles. The van der Waals surface area contributed by atoms with Crippen LogP contribution in [0.3, 0.4) is 0 Å². The maximum Gasteiger partial charge on any atom is 0.282 e. The van der Waals surface area contributed by atoms with Gasteiger partial charge in [0.05, 0.1) is 17.4 Å². The maximum absolute atomic E-state index is 14.6. The van der Waals surface area contributed by atoms with Crippen molar-refractivity contribution in [2.45, 2.75) is 32.8 Å². The van der Waals surface area contributed by atoms with E-state index in [-0.39, 0.29) is 35.6 Å². The van der Waals surface area contributed by atoms with Crippen LogP contribution < -0.4 is 9.64 Å². The van der Waals surface area contributed by atoms with E-state index in [4.69, 9.17) is 4.74 Å². The summed E-state index contributed by atoms with van der Waals surface area (Å²) in [5.74, 6) is -1.06. The largest absolute Gasteiger partial charge is 0.491 e. The van der Waals surface area contributed by atoms with Crippen molar-refractivity contribution in [1.29, 1.82) is 0 Å². The van der Waals surface area contributed by atoms with Crippen LogP contribution in [0.25, 0.3) is 5.57 Å². The molecule has 7 heteroatoms. The number of piperidine rings is 1. The number of imide groups is 1. The number of likely N-dealkylation sites (tertiary alicyclic amines) is 1. The number of hydrogen-bond donors (Lipinski definition) is 1. The summed E-state index contributed by atoms with van der Waals surface area (Å²) >= 11 is 0. The van der Waals surface area contributed by atoms with Gasteiger partial charge in [0.15, 0.2) is 0 Å². The number of aliphatic hydroxyl groups is 1. The Hall–Kier alpha value is -3.19. The van der Waals surface area contributed by atoms with Gasteiger partial charge >= 0.3 is 0 Å². The van der Waals surface area contributed by atoms with Gasteiger partial charge in [0, 0.05) is 19.7 Å². The molecule has 2 aliphatic rings. The highest BCUT2D eigenvalue weighted by atomic mass is 19.1. The van der Waals surface area contributed by atoms with Crippen LogP contribution in [0.2, 0.25) is 0 Å². The van der Waals surface area contributed by atoms with Crippen LogP contribution in [-0.2, 0) is 9.59 Å². The van der Waals surface area contributed by atoms with Crippen molar-refractivity contribution in [2.24, 2.45) is 5.92 Å². The zero-order valence-electron chi connectivity index (χ0n) is 18.3. The number of nitrogens with zero attached hydrogens (tertiary/aromatic N) is 2. The monoisotopic (exact) mass is 438 g/mol. The number of para-hydroxylation sites is 1. The lowest BCUT2D eigenvalue weighted by Crippen LogP contribution is -2.40. The Labute approximate surface area is 186 Å². The van der Waals surface area contributed by atoms with Crippen LogP contribution in [-0.4, -0.2) is 47.6 Å². The molecule has 1 N–H and O–H groups in total. The fraction of sp³-hybridized carbons (Fsp3) is 0.360. The second kappa shape index (κ2) is 9.12. The van der Waals surface area contributed by atoms with Crippen LogP contribution in [0, 0.1) is 11.7 Å². The van der Waals surface area contributed by atoms with Gasteiger partial charge in [0.2, 0.25) is 0 Å². The van der Waals surface area contributed by atoms with E-state index in [1.807, 2.05) is 18.7 Å². The number of ether oxygens (including phenoxy) is 1. The molecule has 2 aromatic rings. The van der Waals surface area contributed by atoms with Gasteiger partial charge in [0.1, 0.15) is 17.3 Å². The molecule has 2 aromatic carbocycles. The number of anilines is 1. The minimum Gasteiger partial charge on any atom is -0.491 e. The van der Waals surface area contributed by atoms with Gasteiger partial charge in [-0.3, -0.25) is 9.59 Å². The van der Waals surface area contributed by atoms with Crippen LogP contribution in [0.4, 0.5) is 10.1 Å². The van der Waals surface area contributed by atoms with E-state index in [1.165, 1.54) is 18.2 Å². The lowest BCUT2D eigenvalue weighted by atomic mass is 9.97. The van der Waals surface area contributed by atoms with E-state index in [0.717, 1.165) is 17.7 Å². The van der Waals surface area contributed by atoms with Gasteiger partial charge < -0.3 is 14.7 Å². The van der Waals surface area contributed by atoms with E-state index >= 15 is 0 Å². The van der Waals surface area contributed by atoms with Crippen LogP contribution in [0.15, 0.2) is 54.2 Å². The zero-order valence-corrected chi connectivity index (χ0v) is 18.3. The summed E-state index contributed by atoms with van der Waals surface area (Å²) in [4.78, 5) is 29.8. The molecular weight excluding hydrogens is 411 g/mol. The standard InChI is InChI=1S/C25H27FN2O4/c1-16(2)32-19-11-9-18(10-12-19)22-23(27-13-5-6-17(14-27)15-29)25(31)28(24(22)30)21-8-4-3-7-20(21)26/h3-4,7-12,16-17,29H,5-6,13-15H2,1-2H3. The number of carbonyl (C=O) groups excluding carboxylic acids is 2. The molecule has 2 aliphatic heterocycles. The van der Waals surface area contributed by atoms with Gasteiger partial charge in [-0.25, -0.2) is 9.29 Å². The van der Waals surface area contributed by atoms with Crippen molar-refractivity contribution < 1.29 is 23.8 Å². The molecule has 2 amide bonds. The molecule has 0 radical (unpaired) electrons. The average Bonchev–Trinajstić information content (AvgIpc) is 3.04. The average molecular weight is 438 g/mol. The molecule has 1 fully saturated rings. The van der Waals surface area contributed by atoms with Crippen molar-refractivity contribution in [3.8, 4) is 5.75 Å². The van der Waals surface area contributed by atoms with Crippen molar-refractivity contribution in [3.05, 3.63) is 65.6 Å². The fourth-order valence-corrected chi connectivity index (χ4v) is 4.31. The smallest absolute Gasteiger partial charge is 0.282 e. The number of amides is 2. The zero-order chi connectivity index (χ0) is 22.8. The Kier molecular flexibility index (Phi) is 6.28. The van der Waals surface area contributed by atoms with Crippen LogP contribution >= 0.6 is 0 Å². The molecule has 1 atom stereocenters. The molecule has 2 heterocycles. The lowest BCUT2D eigenvalue weighted by molar-refractivity contribution is -0.121. The molecule has 168 valence electrons. The first-order chi connectivity index (χ1) is 15.4. The van der Waals surface area contributed by atoms with Gasteiger partial charge in [-0.2, -0.15) is 0 Å². The maximum atomic E-state index is 14.6. The van der Waals surface area contributed by atoms with E-state index in [9.17, 15) is 19.1 Å². The molecule has 6 nitrogen and oxygen atoms in total. The Morgan fingerprint density at radius 1 is 1.09 bits per heavy atom. The van der Waals surface area contributed by atoms with Gasteiger partial charge in [-0.1, -0.05) is 24.3 Å². The third kappa shape index (κ3) is 4.12. The molecule has 1 saturated heterocycles. The number of carbonyl (C=O) groups is 2. The second-order valence-electron chi connectivity index (χ2n) is 8.45. The Morgan fingerprint density at radius 2 is 1.81 bits per heavy atom. The molecule has 4 rings (SSSR count). The summed E-state index contributed by atoms with van der Waals surface area (Å²) in [7, 11) is 0. The molecular formula is C25H27FN2O4. The second-order valence-corrected chi connectivity index (χ2v) is 8.45. The van der Waals surface area contributed by atoms with Crippen molar-refractivity contribution in [1.82, 2.24) is 4.90 Å². The van der Waals surface area contributed by atoms with Gasteiger partial charge in [-0.15, -0.1) is 0 Å². The van der Waals surface area contributed by atoms with Crippen molar-refractivity contribution in [3.63, 3.8) is 0 Å². The van der Waals surface area contributed by atoms with Crippen LogP contribution in [0.5, 0.6) is 5.75 Å². The molecule has 0 saturated carbocycles. The van der Waals surface area contributed by atoms with Crippen LogP contribution in [0.1, 0.15) is 32.3 Å². The molecule has 32 heavy (non-hydrogen) atoms. The number of benzene rings is 2. The highest BCUT2D eigenvalue weighted by Gasteiger charge is 2.44. The number of aliphatic hydroxyl groups excluding tert-OH is 1. The predicted molar refractivity (Wildman–Crippen MR) is 119 cm³/mol. The minimum atomic E-state index is -0.637. The Bertz CT molecular complexity index is 1050. The Morgan fingerprint density at radius 3 is 2.47 bits per heavy atom. The number of rotatable bonds is 6. The third-order valence-electron chi connectivity index (χ3n) is 5.76. The quantitative estimate of drug-likeness (QED) is 0.698. The first kappa shape index (κ1) is 22.0. The van der Waals surface area contributed by atoms with Crippen molar-refractivity contribution >= 4 is 23.1 Å². The topological polar surface area (TPSA) is 70.1 Å². The van der Waals surface area contributed by atoms with Crippen molar-refractivity contribution in [2.75, 3.05) is 24.6 Å². The predicted octanol–water partition coefficient (Wildman–Crippen LogP) is 3.60. The van der Waals surface area contributed by atoms with E-state index in [0.29, 0.717) is 24.4 Å². The molecule has 0 bridgehead atoms. The summed E-state index contributed by atoms with van der Waals surface area (Å²) in [6.07, 6.45) is 1.66. The summed E-state index contributed by atoms with van der Waals surface area (Å²) in [6.45, 7) is 4.92. The van der Waals surface area contributed by atoms with E-state index in [1.54, 1.807) is 30.3 Å². The molecule has 0 spiro atoms. The fourth-order valence-electron chi connectivity index (χ4n) is 4.31. The summed E-state index contributed by atoms with van der Waals surface area (Å²) in [5.41, 5.74) is 1.01. The highest BCUT2D eigenvalue weighted by molar-refractivity contribution is 6.45. The normalized spacial score (nSPS) is 19.3. The lowest BCUT2D eigenvalue weighted by Gasteiger charge is -2.34. The first-order valence-corrected chi connectivity index (χ1v) is 10.9. The number of hydrogen-bond acceptors (Lipinski definition) is 5. The first-order valence-electron chi connectivity index (χ1n) is 10.9. The SMILES string of the molecule is CC(C)Oc1ccc(C2=C(N3CCCC(CO)C3)C(=O)N(c3ccccc3F)C2=O)cc1. The number of halogens is 1. The minimum absolute atomic E-state index is 0.00521.